The van der Waals surface area contributed by atoms with E-state index < -0.39 is 0 Å². The van der Waals surface area contributed by atoms with Crippen LogP contribution in [0.4, 0.5) is 17.3 Å². The summed E-state index contributed by atoms with van der Waals surface area (Å²) in [6, 6.07) is 21.4. The summed E-state index contributed by atoms with van der Waals surface area (Å²) in [6.07, 6.45) is 0.313. The van der Waals surface area contributed by atoms with Crippen molar-refractivity contribution in [3.05, 3.63) is 77.9 Å². The van der Waals surface area contributed by atoms with Crippen molar-refractivity contribution in [2.24, 2.45) is 0 Å². The lowest BCUT2D eigenvalue weighted by Gasteiger charge is -2.17. The number of benzene rings is 2. The quantitative estimate of drug-likeness (QED) is 0.773. The molecule has 1 amide bonds. The molecule has 0 aliphatic heterocycles. The van der Waals surface area contributed by atoms with E-state index >= 15 is 0 Å². The summed E-state index contributed by atoms with van der Waals surface area (Å²) >= 11 is 0. The molecule has 3 rings (SSSR count). The molecule has 0 aliphatic rings. The lowest BCUT2D eigenvalue weighted by molar-refractivity contribution is -0.115. The molecule has 0 saturated carbocycles. The normalized spacial score (nSPS) is 10.3. The van der Waals surface area contributed by atoms with Gasteiger partial charge in [0.25, 0.3) is 0 Å². The minimum absolute atomic E-state index is 0.109. The van der Waals surface area contributed by atoms with E-state index in [1.165, 1.54) is 5.56 Å². The fraction of sp³-hybridized carbons (Fsp3) is 0.150. The van der Waals surface area contributed by atoms with Crippen LogP contribution in [0.2, 0.25) is 0 Å². The number of aromatic nitrogens is 2. The van der Waals surface area contributed by atoms with Gasteiger partial charge in [0, 0.05) is 12.7 Å². The summed E-state index contributed by atoms with van der Waals surface area (Å²) in [4.78, 5) is 14.1. The number of carbonyl (C=O) groups excluding carboxylic acids is 1. The molecular weight excluding hydrogens is 312 g/mol. The molecule has 1 heterocycles. The van der Waals surface area contributed by atoms with Crippen molar-refractivity contribution in [2.45, 2.75) is 13.3 Å². The molecule has 0 radical (unpaired) electrons. The van der Waals surface area contributed by atoms with E-state index in [1.54, 1.807) is 6.07 Å². The highest BCUT2D eigenvalue weighted by atomic mass is 16.1. The number of anilines is 3. The first kappa shape index (κ1) is 16.6. The van der Waals surface area contributed by atoms with E-state index in [0.717, 1.165) is 11.3 Å². The maximum atomic E-state index is 12.1. The second-order valence-electron chi connectivity index (χ2n) is 5.88. The van der Waals surface area contributed by atoms with Crippen LogP contribution in [-0.4, -0.2) is 23.2 Å². The molecule has 0 unspecified atom stereocenters. The van der Waals surface area contributed by atoms with E-state index in [4.69, 9.17) is 0 Å². The van der Waals surface area contributed by atoms with Crippen molar-refractivity contribution in [1.29, 1.82) is 0 Å². The first-order chi connectivity index (χ1) is 12.1. The Morgan fingerprint density at radius 3 is 2.32 bits per heavy atom. The standard InChI is InChI=1S/C20H20N4O/c1-15-8-10-16(11-9-15)14-20(25)21-18-12-13-19(23-22-18)24(2)17-6-4-3-5-7-17/h3-13H,14H2,1-2H3,(H,21,22,25). The van der Waals surface area contributed by atoms with Gasteiger partial charge in [0.1, 0.15) is 0 Å². The average Bonchev–Trinajstić information content (AvgIpc) is 2.64. The average molecular weight is 332 g/mol. The van der Waals surface area contributed by atoms with Gasteiger partial charge in [-0.05, 0) is 36.8 Å². The first-order valence-corrected chi connectivity index (χ1v) is 8.10. The highest BCUT2D eigenvalue weighted by Gasteiger charge is 2.08. The van der Waals surface area contributed by atoms with E-state index in [1.807, 2.05) is 79.5 Å². The van der Waals surface area contributed by atoms with Crippen molar-refractivity contribution in [2.75, 3.05) is 17.3 Å². The zero-order valence-electron chi connectivity index (χ0n) is 14.3. The molecule has 126 valence electrons. The van der Waals surface area contributed by atoms with Crippen LogP contribution in [-0.2, 0) is 11.2 Å². The lowest BCUT2D eigenvalue weighted by atomic mass is 10.1. The molecule has 25 heavy (non-hydrogen) atoms. The Morgan fingerprint density at radius 1 is 0.960 bits per heavy atom. The van der Waals surface area contributed by atoms with Gasteiger partial charge in [-0.1, -0.05) is 48.0 Å². The highest BCUT2D eigenvalue weighted by molar-refractivity contribution is 5.91. The highest BCUT2D eigenvalue weighted by Crippen LogP contribution is 2.20. The smallest absolute Gasteiger partial charge is 0.229 e. The second kappa shape index (κ2) is 7.57. The van der Waals surface area contributed by atoms with Gasteiger partial charge < -0.3 is 10.2 Å². The maximum absolute atomic E-state index is 12.1. The van der Waals surface area contributed by atoms with Crippen LogP contribution in [0.25, 0.3) is 0 Å². The Kier molecular flexibility index (Phi) is 5.04. The van der Waals surface area contributed by atoms with Crippen molar-refractivity contribution in [3.8, 4) is 0 Å². The molecular formula is C20H20N4O. The van der Waals surface area contributed by atoms with Crippen LogP contribution < -0.4 is 10.2 Å². The molecule has 5 nitrogen and oxygen atoms in total. The van der Waals surface area contributed by atoms with Gasteiger partial charge in [-0.25, -0.2) is 0 Å². The number of hydrogen-bond donors (Lipinski definition) is 1. The van der Waals surface area contributed by atoms with Gasteiger partial charge in [-0.15, -0.1) is 10.2 Å². The van der Waals surface area contributed by atoms with E-state index in [2.05, 4.69) is 15.5 Å². The number of nitrogens with zero attached hydrogens (tertiary/aromatic N) is 3. The van der Waals surface area contributed by atoms with Crippen molar-refractivity contribution in [3.63, 3.8) is 0 Å². The molecule has 5 heteroatoms. The summed E-state index contributed by atoms with van der Waals surface area (Å²) in [6.45, 7) is 2.02. The summed E-state index contributed by atoms with van der Waals surface area (Å²) < 4.78 is 0. The van der Waals surface area contributed by atoms with Gasteiger partial charge in [0.15, 0.2) is 11.6 Å². The number of amides is 1. The Morgan fingerprint density at radius 2 is 1.68 bits per heavy atom. The van der Waals surface area contributed by atoms with Gasteiger partial charge in [0.05, 0.1) is 6.42 Å². The van der Waals surface area contributed by atoms with E-state index in [9.17, 15) is 4.79 Å². The third kappa shape index (κ3) is 4.41. The number of hydrogen-bond acceptors (Lipinski definition) is 4. The van der Waals surface area contributed by atoms with Crippen LogP contribution in [0.15, 0.2) is 66.7 Å². The fourth-order valence-electron chi connectivity index (χ4n) is 2.43. The molecule has 1 aromatic heterocycles. The first-order valence-electron chi connectivity index (χ1n) is 8.10. The zero-order chi connectivity index (χ0) is 17.6. The Labute approximate surface area is 147 Å². The summed E-state index contributed by atoms with van der Waals surface area (Å²) in [7, 11) is 1.93. The fourth-order valence-corrected chi connectivity index (χ4v) is 2.43. The second-order valence-corrected chi connectivity index (χ2v) is 5.88. The molecule has 0 fully saturated rings. The Hall–Kier alpha value is -3.21. The zero-order valence-corrected chi connectivity index (χ0v) is 14.3. The molecule has 1 N–H and O–H groups in total. The van der Waals surface area contributed by atoms with Gasteiger partial charge >= 0.3 is 0 Å². The largest absolute Gasteiger partial charge is 0.328 e. The number of aryl methyl sites for hydroxylation is 1. The van der Waals surface area contributed by atoms with Crippen LogP contribution >= 0.6 is 0 Å². The monoisotopic (exact) mass is 332 g/mol. The minimum atomic E-state index is -0.109. The van der Waals surface area contributed by atoms with Gasteiger partial charge in [0.2, 0.25) is 5.91 Å². The molecule has 0 atom stereocenters. The molecule has 0 spiro atoms. The molecule has 0 saturated heterocycles. The van der Waals surface area contributed by atoms with E-state index in [0.29, 0.717) is 18.1 Å². The molecule has 0 aliphatic carbocycles. The van der Waals surface area contributed by atoms with E-state index in [-0.39, 0.29) is 5.91 Å². The Bertz CT molecular complexity index is 830. The predicted octanol–water partition coefficient (Wildman–Crippen LogP) is 3.73. The number of para-hydroxylation sites is 1. The topological polar surface area (TPSA) is 58.1 Å². The SMILES string of the molecule is Cc1ccc(CC(=O)Nc2ccc(N(C)c3ccccc3)nn2)cc1. The third-order valence-corrected chi connectivity index (χ3v) is 3.89. The summed E-state index contributed by atoms with van der Waals surface area (Å²) in [5.74, 6) is 1.05. The Balaban J connectivity index is 1.62. The molecule has 0 bridgehead atoms. The van der Waals surface area contributed by atoms with Crippen molar-refractivity contribution in [1.82, 2.24) is 10.2 Å². The van der Waals surface area contributed by atoms with Crippen LogP contribution in [0.1, 0.15) is 11.1 Å². The van der Waals surface area contributed by atoms with Crippen molar-refractivity contribution < 1.29 is 4.79 Å². The van der Waals surface area contributed by atoms with Crippen LogP contribution in [0, 0.1) is 6.92 Å². The molecule has 2 aromatic carbocycles. The van der Waals surface area contributed by atoms with Crippen LogP contribution in [0.3, 0.4) is 0 Å². The number of nitrogens with one attached hydrogen (secondary N) is 1. The minimum Gasteiger partial charge on any atom is -0.328 e. The van der Waals surface area contributed by atoms with Gasteiger partial charge in [-0.2, -0.15) is 0 Å². The summed E-state index contributed by atoms with van der Waals surface area (Å²) in [5, 5.41) is 11.1. The predicted molar refractivity (Wildman–Crippen MR) is 100 cm³/mol. The van der Waals surface area contributed by atoms with Gasteiger partial charge in [-0.3, -0.25) is 4.79 Å². The summed E-state index contributed by atoms with van der Waals surface area (Å²) in [5.41, 5.74) is 3.16. The van der Waals surface area contributed by atoms with Crippen LogP contribution in [0.5, 0.6) is 0 Å². The maximum Gasteiger partial charge on any atom is 0.229 e. The number of carbonyl (C=O) groups is 1. The van der Waals surface area contributed by atoms with Crippen molar-refractivity contribution >= 4 is 23.2 Å². The molecule has 3 aromatic rings. The lowest BCUT2D eigenvalue weighted by Crippen LogP contribution is -2.17. The number of rotatable bonds is 5. The third-order valence-electron chi connectivity index (χ3n) is 3.89.